The summed E-state index contributed by atoms with van der Waals surface area (Å²) in [5.74, 6) is -0.852. The van der Waals surface area contributed by atoms with Crippen molar-refractivity contribution >= 4 is 61.5 Å². The number of anilines is 1. The number of rotatable bonds is 10. The Bertz CT molecular complexity index is 1620. The van der Waals surface area contributed by atoms with Crippen molar-refractivity contribution in [3.63, 3.8) is 0 Å². The first-order valence-electron chi connectivity index (χ1n) is 12.3. The average molecular weight is 665 g/mol. The van der Waals surface area contributed by atoms with Crippen LogP contribution in [0.5, 0.6) is 0 Å². The van der Waals surface area contributed by atoms with E-state index in [0.717, 1.165) is 12.1 Å². The standard InChI is InChI=1S/C28H26Cl2F3NO6S2/c1-27(2,3)40-26(36)13-11-24(35)18-6-4-17(5-7-18)16-41(37)25-12-8-19(29)14-23(25)34-42(38,39)20-9-10-22(30)21(15-20)28(31,32)33/h4-10,12,14-15,34H,11,13,16H2,1-3H3. The monoisotopic (exact) mass is 663 g/mol. The fraction of sp³-hybridized carbons (Fsp3) is 0.286. The Balaban J connectivity index is 1.76. The quantitative estimate of drug-likeness (QED) is 0.179. The first-order chi connectivity index (χ1) is 19.4. The number of halogens is 5. The van der Waals surface area contributed by atoms with Crippen LogP contribution in [0.3, 0.4) is 0 Å². The maximum absolute atomic E-state index is 13.3. The van der Waals surface area contributed by atoms with Crippen molar-refractivity contribution in [2.24, 2.45) is 0 Å². The Hall–Kier alpha value is -2.93. The van der Waals surface area contributed by atoms with Gasteiger partial charge in [-0.25, -0.2) is 8.42 Å². The molecule has 14 heteroatoms. The van der Waals surface area contributed by atoms with Gasteiger partial charge in [0.2, 0.25) is 0 Å². The molecule has 0 aliphatic rings. The van der Waals surface area contributed by atoms with Gasteiger partial charge in [-0.05, 0) is 62.7 Å². The van der Waals surface area contributed by atoms with Gasteiger partial charge in [-0.3, -0.25) is 18.5 Å². The van der Waals surface area contributed by atoms with Crippen LogP contribution in [0.2, 0.25) is 10.0 Å². The van der Waals surface area contributed by atoms with Gasteiger partial charge in [0.05, 0.1) is 49.0 Å². The van der Waals surface area contributed by atoms with Crippen molar-refractivity contribution in [1.29, 1.82) is 0 Å². The van der Waals surface area contributed by atoms with Gasteiger partial charge in [-0.1, -0.05) is 47.5 Å². The van der Waals surface area contributed by atoms with Crippen molar-refractivity contribution in [3.05, 3.63) is 87.4 Å². The summed E-state index contributed by atoms with van der Waals surface area (Å²) < 4.78 is 86.4. The van der Waals surface area contributed by atoms with Gasteiger partial charge in [0, 0.05) is 17.0 Å². The summed E-state index contributed by atoms with van der Waals surface area (Å²) in [5, 5.41) is -0.573. The molecule has 3 rings (SSSR count). The predicted molar refractivity (Wildman–Crippen MR) is 155 cm³/mol. The van der Waals surface area contributed by atoms with Crippen LogP contribution in [0.4, 0.5) is 18.9 Å². The lowest BCUT2D eigenvalue weighted by atomic mass is 10.1. The van der Waals surface area contributed by atoms with Crippen molar-refractivity contribution in [1.82, 2.24) is 0 Å². The molecule has 0 spiro atoms. The molecule has 7 nitrogen and oxygen atoms in total. The van der Waals surface area contributed by atoms with Crippen LogP contribution in [0.15, 0.2) is 70.5 Å². The topological polar surface area (TPSA) is 107 Å². The molecule has 0 saturated heterocycles. The van der Waals surface area contributed by atoms with Gasteiger partial charge in [-0.2, -0.15) is 13.2 Å². The second-order valence-electron chi connectivity index (χ2n) is 10.1. The third-order valence-corrected chi connectivity index (χ3v) is 8.90. The number of esters is 1. The Morgan fingerprint density at radius 1 is 0.929 bits per heavy atom. The average Bonchev–Trinajstić information content (AvgIpc) is 2.86. The number of nitrogens with one attached hydrogen (secondary N) is 1. The molecule has 1 atom stereocenters. The first kappa shape index (κ1) is 33.6. The Labute approximate surface area is 253 Å². The zero-order valence-electron chi connectivity index (χ0n) is 22.6. The maximum atomic E-state index is 13.3. The molecule has 0 aliphatic carbocycles. The minimum Gasteiger partial charge on any atom is -0.460 e. The highest BCUT2D eigenvalue weighted by molar-refractivity contribution is 7.92. The highest BCUT2D eigenvalue weighted by atomic mass is 35.5. The maximum Gasteiger partial charge on any atom is 0.417 e. The lowest BCUT2D eigenvalue weighted by molar-refractivity contribution is -0.154. The van der Waals surface area contributed by atoms with Crippen LogP contribution in [-0.2, 0) is 42.3 Å². The summed E-state index contributed by atoms with van der Waals surface area (Å²) in [4.78, 5) is 23.7. The predicted octanol–water partition coefficient (Wildman–Crippen LogP) is 7.43. The highest BCUT2D eigenvalue weighted by Gasteiger charge is 2.34. The van der Waals surface area contributed by atoms with Crippen molar-refractivity contribution in [2.45, 2.75) is 60.9 Å². The van der Waals surface area contributed by atoms with Crippen LogP contribution in [0, 0.1) is 0 Å². The van der Waals surface area contributed by atoms with Gasteiger partial charge in [0.15, 0.2) is 5.78 Å². The third-order valence-electron chi connectivity index (χ3n) is 5.53. The number of benzene rings is 3. The molecule has 226 valence electrons. The molecule has 0 fully saturated rings. The molecule has 0 amide bonds. The molecule has 3 aromatic carbocycles. The summed E-state index contributed by atoms with van der Waals surface area (Å²) in [6.45, 7) is 5.18. The van der Waals surface area contributed by atoms with Crippen molar-refractivity contribution in [3.8, 4) is 0 Å². The third kappa shape index (κ3) is 9.29. The molecule has 0 radical (unpaired) electrons. The second-order valence-corrected chi connectivity index (χ2v) is 14.0. The van der Waals surface area contributed by atoms with Crippen LogP contribution in [0.25, 0.3) is 0 Å². The van der Waals surface area contributed by atoms with Crippen LogP contribution in [-0.4, -0.2) is 30.0 Å². The largest absolute Gasteiger partial charge is 0.460 e. The summed E-state index contributed by atoms with van der Waals surface area (Å²) in [5.41, 5.74) is -1.28. The minimum atomic E-state index is -4.89. The van der Waals surface area contributed by atoms with E-state index in [1.54, 1.807) is 32.9 Å². The Morgan fingerprint density at radius 2 is 1.57 bits per heavy atom. The SMILES string of the molecule is CC(C)(C)OC(=O)CCC(=O)c1ccc(CS(=O)c2ccc(Cl)cc2NS(=O)(=O)c2ccc(Cl)c(C(F)(F)F)c2)cc1. The molecular weight excluding hydrogens is 638 g/mol. The molecular formula is C28H26Cl2F3NO6S2. The molecule has 0 saturated carbocycles. The van der Waals surface area contributed by atoms with E-state index in [2.05, 4.69) is 4.72 Å². The van der Waals surface area contributed by atoms with E-state index < -0.39 is 54.1 Å². The van der Waals surface area contributed by atoms with E-state index >= 15 is 0 Å². The Kier molecular flexibility index (Phi) is 10.5. The summed E-state index contributed by atoms with van der Waals surface area (Å²) in [6, 6.07) is 12.3. The minimum absolute atomic E-state index is 0.0329. The lowest BCUT2D eigenvalue weighted by Crippen LogP contribution is -2.24. The van der Waals surface area contributed by atoms with Crippen LogP contribution >= 0.6 is 23.2 Å². The van der Waals surface area contributed by atoms with E-state index in [1.807, 2.05) is 0 Å². The number of ketones is 1. The van der Waals surface area contributed by atoms with Gasteiger partial charge < -0.3 is 4.74 Å². The van der Waals surface area contributed by atoms with Gasteiger partial charge >= 0.3 is 12.1 Å². The smallest absolute Gasteiger partial charge is 0.417 e. The molecule has 0 bridgehead atoms. The van der Waals surface area contributed by atoms with E-state index in [9.17, 15) is 35.4 Å². The second kappa shape index (κ2) is 13.2. The summed E-state index contributed by atoms with van der Waals surface area (Å²) in [6.07, 6.45) is -5.01. The van der Waals surface area contributed by atoms with Crippen molar-refractivity contribution < 1.29 is 40.1 Å². The summed E-state index contributed by atoms with van der Waals surface area (Å²) >= 11 is 11.6. The van der Waals surface area contributed by atoms with E-state index in [0.29, 0.717) is 17.2 Å². The van der Waals surface area contributed by atoms with E-state index in [4.69, 9.17) is 27.9 Å². The zero-order chi connectivity index (χ0) is 31.5. The number of carbonyl (C=O) groups is 2. The number of hydrogen-bond donors (Lipinski definition) is 1. The van der Waals surface area contributed by atoms with E-state index in [-0.39, 0.29) is 40.0 Å². The number of sulfonamides is 1. The lowest BCUT2D eigenvalue weighted by Gasteiger charge is -2.19. The number of alkyl halides is 3. The molecule has 0 heterocycles. The molecule has 3 aromatic rings. The molecule has 42 heavy (non-hydrogen) atoms. The Morgan fingerprint density at radius 3 is 2.17 bits per heavy atom. The number of Topliss-reactive ketones (excluding diaryl/α,β-unsaturated/α-hetero) is 1. The molecule has 1 N–H and O–H groups in total. The molecule has 0 aromatic heterocycles. The number of carbonyl (C=O) groups excluding carboxylic acids is 2. The molecule has 1 unspecified atom stereocenters. The van der Waals surface area contributed by atoms with E-state index in [1.165, 1.54) is 30.3 Å². The van der Waals surface area contributed by atoms with Gasteiger partial charge in [0.25, 0.3) is 10.0 Å². The van der Waals surface area contributed by atoms with Crippen molar-refractivity contribution in [2.75, 3.05) is 4.72 Å². The summed E-state index contributed by atoms with van der Waals surface area (Å²) in [7, 11) is -6.40. The number of ether oxygens (including phenoxy) is 1. The fourth-order valence-corrected chi connectivity index (χ4v) is 6.43. The highest BCUT2D eigenvalue weighted by Crippen LogP contribution is 2.36. The molecule has 0 aliphatic heterocycles. The van der Waals surface area contributed by atoms with Crippen LogP contribution in [0.1, 0.15) is 55.1 Å². The zero-order valence-corrected chi connectivity index (χ0v) is 25.7. The van der Waals surface area contributed by atoms with Gasteiger partial charge in [-0.15, -0.1) is 0 Å². The van der Waals surface area contributed by atoms with Crippen LogP contribution < -0.4 is 4.72 Å². The fourth-order valence-electron chi connectivity index (χ4n) is 3.64. The first-order valence-corrected chi connectivity index (χ1v) is 15.8. The number of hydrogen-bond acceptors (Lipinski definition) is 6. The van der Waals surface area contributed by atoms with Gasteiger partial charge in [0.1, 0.15) is 5.60 Å². The normalized spacial score (nSPS) is 13.0.